The van der Waals surface area contributed by atoms with E-state index in [1.54, 1.807) is 30.3 Å². The lowest BCUT2D eigenvalue weighted by molar-refractivity contribution is 0.0730. The van der Waals surface area contributed by atoms with Gasteiger partial charge in [-0.25, -0.2) is 13.4 Å². The Morgan fingerprint density at radius 3 is 2.40 bits per heavy atom. The maximum Gasteiger partial charge on any atom is 0.256 e. The molecule has 2 aliphatic rings. The molecule has 1 aromatic heterocycles. The summed E-state index contributed by atoms with van der Waals surface area (Å²) in [6.07, 6.45) is 2.08. The van der Waals surface area contributed by atoms with E-state index < -0.39 is 10.0 Å². The molecule has 0 radical (unpaired) electrons. The minimum atomic E-state index is -3.75. The minimum Gasteiger partial charge on any atom is -0.379 e. The summed E-state index contributed by atoms with van der Waals surface area (Å²) in [6.45, 7) is 2.99. The van der Waals surface area contributed by atoms with E-state index in [0.29, 0.717) is 59.2 Å². The molecular formula is C30H29ClN4O4S. The summed E-state index contributed by atoms with van der Waals surface area (Å²) in [7, 11) is -3.75. The summed E-state index contributed by atoms with van der Waals surface area (Å²) < 4.78 is 33.7. The van der Waals surface area contributed by atoms with Gasteiger partial charge in [0.2, 0.25) is 10.0 Å². The summed E-state index contributed by atoms with van der Waals surface area (Å²) in [5.74, 6) is -0.353. The number of amides is 1. The monoisotopic (exact) mass is 576 g/mol. The second-order valence-corrected chi connectivity index (χ2v) is 12.2. The predicted octanol–water partition coefficient (Wildman–Crippen LogP) is 5.43. The first kappa shape index (κ1) is 26.7. The number of hydrogen-bond acceptors (Lipinski definition) is 6. The molecule has 10 heteroatoms. The Hall–Kier alpha value is -3.50. The Bertz CT molecular complexity index is 1680. The lowest BCUT2D eigenvalue weighted by Crippen LogP contribution is -2.40. The summed E-state index contributed by atoms with van der Waals surface area (Å²) in [5.41, 5.74) is 3.65. The fourth-order valence-electron chi connectivity index (χ4n) is 5.31. The Morgan fingerprint density at radius 2 is 1.62 bits per heavy atom. The molecule has 1 N–H and O–H groups in total. The Balaban J connectivity index is 1.42. The molecule has 2 fully saturated rings. The molecule has 0 saturated carbocycles. The van der Waals surface area contributed by atoms with Crippen LogP contribution in [0.2, 0.25) is 5.02 Å². The lowest BCUT2D eigenvalue weighted by Gasteiger charge is -2.27. The molecule has 206 valence electrons. The smallest absolute Gasteiger partial charge is 0.256 e. The number of nitrogens with one attached hydrogen (secondary N) is 1. The quantitative estimate of drug-likeness (QED) is 0.329. The van der Waals surface area contributed by atoms with Crippen molar-refractivity contribution in [1.29, 1.82) is 0 Å². The summed E-state index contributed by atoms with van der Waals surface area (Å²) in [4.78, 5) is 21.1. The number of ether oxygens (including phenoxy) is 1. The second kappa shape index (κ2) is 11.2. The van der Waals surface area contributed by atoms with Crippen LogP contribution in [0.25, 0.3) is 22.2 Å². The summed E-state index contributed by atoms with van der Waals surface area (Å²) in [6, 6.07) is 21.6. The number of fused-ring (bicyclic) bond motifs is 1. The van der Waals surface area contributed by atoms with Gasteiger partial charge in [0, 0.05) is 42.2 Å². The highest BCUT2D eigenvalue weighted by molar-refractivity contribution is 7.89. The standard InChI is InChI=1S/C30H29ClN4O4S/c31-25-9-3-1-8-23(25)27-20-24(22-7-2-4-10-26(22)32-27)30(36)33-28-19-21(11-12-29(28)34-13-5-6-14-34)40(37,38)35-15-17-39-18-16-35/h1-4,7-12,19-20H,5-6,13-18H2,(H,33,36). The van der Waals surface area contributed by atoms with Crippen LogP contribution in [-0.4, -0.2) is 63.0 Å². The fourth-order valence-corrected chi connectivity index (χ4v) is 6.97. The zero-order valence-electron chi connectivity index (χ0n) is 21.8. The van der Waals surface area contributed by atoms with Crippen LogP contribution in [-0.2, 0) is 14.8 Å². The second-order valence-electron chi connectivity index (χ2n) is 9.90. The third-order valence-electron chi connectivity index (χ3n) is 7.38. The Labute approximate surface area is 238 Å². The zero-order chi connectivity index (χ0) is 27.7. The molecule has 0 bridgehead atoms. The van der Waals surface area contributed by atoms with Crippen molar-refractivity contribution in [2.45, 2.75) is 17.7 Å². The summed E-state index contributed by atoms with van der Waals surface area (Å²) in [5, 5.41) is 4.28. The number of morpholine rings is 1. The van der Waals surface area contributed by atoms with Gasteiger partial charge in [-0.1, -0.05) is 48.0 Å². The molecular weight excluding hydrogens is 548 g/mol. The van der Waals surface area contributed by atoms with E-state index >= 15 is 0 Å². The van der Waals surface area contributed by atoms with Gasteiger partial charge in [-0.05, 0) is 49.2 Å². The summed E-state index contributed by atoms with van der Waals surface area (Å²) >= 11 is 6.47. The van der Waals surface area contributed by atoms with E-state index in [0.717, 1.165) is 37.2 Å². The van der Waals surface area contributed by atoms with Crippen LogP contribution in [0.4, 0.5) is 11.4 Å². The number of benzene rings is 3. The molecule has 6 rings (SSSR count). The van der Waals surface area contributed by atoms with Crippen molar-refractivity contribution in [2.75, 3.05) is 49.6 Å². The number of hydrogen-bond donors (Lipinski definition) is 1. The van der Waals surface area contributed by atoms with Crippen LogP contribution in [0.3, 0.4) is 0 Å². The minimum absolute atomic E-state index is 0.143. The highest BCUT2D eigenvalue weighted by Crippen LogP contribution is 2.34. The highest BCUT2D eigenvalue weighted by Gasteiger charge is 2.28. The zero-order valence-corrected chi connectivity index (χ0v) is 23.4. The van der Waals surface area contributed by atoms with Crippen molar-refractivity contribution in [2.24, 2.45) is 0 Å². The number of carbonyl (C=O) groups is 1. The van der Waals surface area contributed by atoms with Crippen molar-refractivity contribution in [3.8, 4) is 11.3 Å². The van der Waals surface area contributed by atoms with Gasteiger partial charge in [-0.3, -0.25) is 4.79 Å². The first-order valence-corrected chi connectivity index (χ1v) is 15.2. The maximum atomic E-state index is 14.0. The van der Waals surface area contributed by atoms with Crippen LogP contribution in [0, 0.1) is 0 Å². The molecule has 2 aliphatic heterocycles. The maximum absolute atomic E-state index is 14.0. The van der Waals surface area contributed by atoms with Crippen LogP contribution < -0.4 is 10.2 Å². The number of para-hydroxylation sites is 1. The lowest BCUT2D eigenvalue weighted by atomic mass is 10.0. The van der Waals surface area contributed by atoms with Gasteiger partial charge in [0.1, 0.15) is 0 Å². The van der Waals surface area contributed by atoms with E-state index in [9.17, 15) is 13.2 Å². The highest BCUT2D eigenvalue weighted by atomic mass is 35.5. The van der Waals surface area contributed by atoms with E-state index in [-0.39, 0.29) is 10.8 Å². The average Bonchev–Trinajstić information content (AvgIpc) is 3.52. The van der Waals surface area contributed by atoms with Gasteiger partial charge in [0.15, 0.2) is 0 Å². The molecule has 2 saturated heterocycles. The van der Waals surface area contributed by atoms with Crippen LogP contribution in [0.15, 0.2) is 77.7 Å². The van der Waals surface area contributed by atoms with Crippen LogP contribution in [0.1, 0.15) is 23.2 Å². The van der Waals surface area contributed by atoms with Gasteiger partial charge in [0.05, 0.1) is 46.3 Å². The molecule has 4 aromatic rings. The Morgan fingerprint density at radius 1 is 0.900 bits per heavy atom. The number of sulfonamides is 1. The molecule has 0 atom stereocenters. The van der Waals surface area contributed by atoms with Crippen molar-refractivity contribution >= 4 is 49.8 Å². The van der Waals surface area contributed by atoms with Gasteiger partial charge >= 0.3 is 0 Å². The van der Waals surface area contributed by atoms with E-state index in [1.165, 1.54) is 4.31 Å². The van der Waals surface area contributed by atoms with Gasteiger partial charge in [-0.15, -0.1) is 0 Å². The largest absolute Gasteiger partial charge is 0.379 e. The molecule has 40 heavy (non-hydrogen) atoms. The van der Waals surface area contributed by atoms with Crippen molar-refractivity contribution in [3.05, 3.63) is 83.4 Å². The molecule has 0 aliphatic carbocycles. The van der Waals surface area contributed by atoms with Crippen LogP contribution >= 0.6 is 11.6 Å². The van der Waals surface area contributed by atoms with Crippen molar-refractivity contribution < 1.29 is 17.9 Å². The third-order valence-corrected chi connectivity index (χ3v) is 9.61. The number of halogens is 1. The van der Waals surface area contributed by atoms with Crippen molar-refractivity contribution in [3.63, 3.8) is 0 Å². The number of pyridine rings is 1. The fraction of sp³-hybridized carbons (Fsp3) is 0.267. The molecule has 1 amide bonds. The average molecular weight is 577 g/mol. The third kappa shape index (κ3) is 5.17. The van der Waals surface area contributed by atoms with Crippen LogP contribution in [0.5, 0.6) is 0 Å². The molecule has 0 spiro atoms. The Kier molecular flexibility index (Phi) is 7.46. The van der Waals surface area contributed by atoms with Gasteiger partial charge in [-0.2, -0.15) is 4.31 Å². The van der Waals surface area contributed by atoms with Gasteiger partial charge < -0.3 is 15.0 Å². The molecule has 0 unspecified atom stereocenters. The van der Waals surface area contributed by atoms with E-state index in [4.69, 9.17) is 21.3 Å². The van der Waals surface area contributed by atoms with E-state index in [2.05, 4.69) is 10.2 Å². The SMILES string of the molecule is O=C(Nc1cc(S(=O)(=O)N2CCOCC2)ccc1N1CCCC1)c1cc(-c2ccccc2Cl)nc2ccccc12. The number of carbonyl (C=O) groups excluding carboxylic acids is 1. The van der Waals surface area contributed by atoms with Gasteiger partial charge in [0.25, 0.3) is 5.91 Å². The number of rotatable bonds is 6. The predicted molar refractivity (Wildman–Crippen MR) is 158 cm³/mol. The molecule has 3 aromatic carbocycles. The normalized spacial score (nSPS) is 16.4. The molecule has 8 nitrogen and oxygen atoms in total. The topological polar surface area (TPSA) is 91.8 Å². The first-order chi connectivity index (χ1) is 19.4. The number of nitrogens with zero attached hydrogens (tertiary/aromatic N) is 3. The number of aromatic nitrogens is 1. The first-order valence-electron chi connectivity index (χ1n) is 13.3. The van der Waals surface area contributed by atoms with E-state index in [1.807, 2.05) is 42.5 Å². The van der Waals surface area contributed by atoms with Crippen molar-refractivity contribution in [1.82, 2.24) is 9.29 Å². The number of anilines is 2. The molecule has 3 heterocycles.